The van der Waals surface area contributed by atoms with Crippen molar-refractivity contribution in [2.75, 3.05) is 19.0 Å². The van der Waals surface area contributed by atoms with Crippen molar-refractivity contribution in [3.63, 3.8) is 0 Å². The van der Waals surface area contributed by atoms with E-state index < -0.39 is 17.1 Å². The van der Waals surface area contributed by atoms with Crippen LogP contribution in [-0.2, 0) is 19.1 Å². The number of esters is 1. The van der Waals surface area contributed by atoms with Crippen LogP contribution in [0.5, 0.6) is 5.75 Å². The maximum atomic E-state index is 12.9. The van der Waals surface area contributed by atoms with Crippen molar-refractivity contribution in [3.8, 4) is 5.75 Å². The monoisotopic (exact) mass is 333 g/mol. The molecule has 2 saturated heterocycles. The Kier molecular flexibility index (Phi) is 4.25. The van der Waals surface area contributed by atoms with Gasteiger partial charge in [0, 0.05) is 12.8 Å². The normalized spacial score (nSPS) is 28.5. The van der Waals surface area contributed by atoms with Crippen LogP contribution in [0.4, 0.5) is 5.69 Å². The molecular formula is C18H23NO5. The first-order valence-electron chi connectivity index (χ1n) is 8.15. The number of amides is 1. The summed E-state index contributed by atoms with van der Waals surface area (Å²) in [5, 5.41) is 2.89. The van der Waals surface area contributed by atoms with Crippen molar-refractivity contribution >= 4 is 17.6 Å². The van der Waals surface area contributed by atoms with E-state index in [1.165, 1.54) is 0 Å². The zero-order valence-electron chi connectivity index (χ0n) is 14.3. The van der Waals surface area contributed by atoms with Gasteiger partial charge in [0.2, 0.25) is 5.91 Å². The Morgan fingerprint density at radius 2 is 2.08 bits per heavy atom. The van der Waals surface area contributed by atoms with Crippen molar-refractivity contribution < 1.29 is 23.8 Å². The van der Waals surface area contributed by atoms with Crippen LogP contribution in [0, 0.1) is 5.92 Å². The fraction of sp³-hybridized carbons (Fsp3) is 0.556. The van der Waals surface area contributed by atoms with Gasteiger partial charge in [0.1, 0.15) is 11.4 Å². The number of hydrogen-bond acceptors (Lipinski definition) is 5. The molecule has 2 fully saturated rings. The second-order valence-corrected chi connectivity index (χ2v) is 7.02. The minimum atomic E-state index is -0.787. The first-order chi connectivity index (χ1) is 11.4. The first-order valence-corrected chi connectivity index (χ1v) is 8.15. The van der Waals surface area contributed by atoms with Crippen LogP contribution in [-0.4, -0.2) is 36.8 Å². The molecule has 0 aliphatic carbocycles. The van der Waals surface area contributed by atoms with Gasteiger partial charge in [-0.3, -0.25) is 9.59 Å². The average molecular weight is 333 g/mol. The van der Waals surface area contributed by atoms with Gasteiger partial charge in [-0.25, -0.2) is 0 Å². The Hall–Kier alpha value is -2.08. The lowest BCUT2D eigenvalue weighted by Gasteiger charge is -2.43. The molecule has 1 spiro atoms. The van der Waals surface area contributed by atoms with Crippen LogP contribution < -0.4 is 10.1 Å². The van der Waals surface area contributed by atoms with E-state index >= 15 is 0 Å². The number of anilines is 1. The maximum absolute atomic E-state index is 12.9. The average Bonchev–Trinajstić information content (AvgIpc) is 2.82. The van der Waals surface area contributed by atoms with Crippen LogP contribution in [0.25, 0.3) is 0 Å². The van der Waals surface area contributed by atoms with Gasteiger partial charge in [0.25, 0.3) is 0 Å². The third-order valence-electron chi connectivity index (χ3n) is 4.75. The minimum absolute atomic E-state index is 0.0943. The molecule has 0 radical (unpaired) electrons. The van der Waals surface area contributed by atoms with E-state index in [0.29, 0.717) is 30.9 Å². The van der Waals surface area contributed by atoms with Crippen LogP contribution in [0.15, 0.2) is 24.3 Å². The first kappa shape index (κ1) is 16.8. The lowest BCUT2D eigenvalue weighted by atomic mass is 9.75. The Morgan fingerprint density at radius 3 is 2.79 bits per heavy atom. The molecule has 6 nitrogen and oxygen atoms in total. The molecule has 1 aromatic rings. The topological polar surface area (TPSA) is 73.9 Å². The molecule has 2 aliphatic heterocycles. The van der Waals surface area contributed by atoms with Crippen LogP contribution in [0.1, 0.15) is 33.1 Å². The molecule has 0 aromatic heterocycles. The predicted molar refractivity (Wildman–Crippen MR) is 87.8 cm³/mol. The Bertz CT molecular complexity index is 657. The van der Waals surface area contributed by atoms with Gasteiger partial charge in [0.15, 0.2) is 0 Å². The molecule has 0 saturated carbocycles. The molecule has 2 unspecified atom stereocenters. The molecule has 2 atom stereocenters. The van der Waals surface area contributed by atoms with Crippen molar-refractivity contribution in [1.82, 2.24) is 0 Å². The summed E-state index contributed by atoms with van der Waals surface area (Å²) >= 11 is 0. The van der Waals surface area contributed by atoms with Crippen LogP contribution in [0.3, 0.4) is 0 Å². The molecule has 1 aromatic carbocycles. The van der Waals surface area contributed by atoms with Gasteiger partial charge < -0.3 is 19.5 Å². The van der Waals surface area contributed by atoms with Gasteiger partial charge in [-0.05, 0) is 26.0 Å². The molecular weight excluding hydrogens is 310 g/mol. The summed E-state index contributed by atoms with van der Waals surface area (Å²) in [6, 6.07) is 7.20. The van der Waals surface area contributed by atoms with E-state index in [1.54, 1.807) is 19.2 Å². The smallest absolute Gasteiger partial charge is 0.307 e. The highest BCUT2D eigenvalue weighted by atomic mass is 16.6. The Balaban J connectivity index is 1.83. The van der Waals surface area contributed by atoms with Gasteiger partial charge in [-0.15, -0.1) is 0 Å². The number of benzene rings is 1. The molecule has 1 amide bonds. The van der Waals surface area contributed by atoms with Crippen molar-refractivity contribution in [2.24, 2.45) is 5.92 Å². The zero-order chi connectivity index (χ0) is 17.4. The summed E-state index contributed by atoms with van der Waals surface area (Å²) < 4.78 is 16.6. The number of hydrogen-bond donors (Lipinski definition) is 1. The Morgan fingerprint density at radius 1 is 1.33 bits per heavy atom. The minimum Gasteiger partial charge on any atom is -0.495 e. The molecule has 2 heterocycles. The highest BCUT2D eigenvalue weighted by Gasteiger charge is 2.56. The molecule has 0 bridgehead atoms. The van der Waals surface area contributed by atoms with E-state index in [-0.39, 0.29) is 18.3 Å². The van der Waals surface area contributed by atoms with E-state index in [2.05, 4.69) is 5.32 Å². The molecule has 6 heteroatoms. The van der Waals surface area contributed by atoms with E-state index in [9.17, 15) is 9.59 Å². The second-order valence-electron chi connectivity index (χ2n) is 7.02. The second kappa shape index (κ2) is 6.09. The highest BCUT2D eigenvalue weighted by molar-refractivity contribution is 5.98. The number of nitrogens with one attached hydrogen (secondary N) is 1. The fourth-order valence-corrected chi connectivity index (χ4v) is 3.74. The third kappa shape index (κ3) is 3.11. The summed E-state index contributed by atoms with van der Waals surface area (Å²) in [7, 11) is 1.55. The van der Waals surface area contributed by atoms with Crippen LogP contribution >= 0.6 is 0 Å². The number of para-hydroxylation sites is 2. The quantitative estimate of drug-likeness (QED) is 0.861. The standard InChI is InChI=1S/C18H23NO5/c1-17(2)11-18(8-9-23-17)12(10-15(20)24-18)16(21)19-13-6-4-5-7-14(13)22-3/h4-7,12H,8-11H2,1-3H3,(H,19,21). The fourth-order valence-electron chi connectivity index (χ4n) is 3.74. The summed E-state index contributed by atoms with van der Waals surface area (Å²) in [5.74, 6) is -0.494. The van der Waals surface area contributed by atoms with Gasteiger partial charge in [0.05, 0.1) is 37.3 Å². The molecule has 130 valence electrons. The summed E-state index contributed by atoms with van der Waals surface area (Å²) in [4.78, 5) is 24.8. The number of carbonyl (C=O) groups excluding carboxylic acids is 2. The van der Waals surface area contributed by atoms with E-state index in [0.717, 1.165) is 0 Å². The molecule has 2 aliphatic rings. The lowest BCUT2D eigenvalue weighted by Crippen LogP contribution is -2.52. The maximum Gasteiger partial charge on any atom is 0.307 e. The summed E-state index contributed by atoms with van der Waals surface area (Å²) in [6.07, 6.45) is 1.14. The highest BCUT2D eigenvalue weighted by Crippen LogP contribution is 2.46. The number of rotatable bonds is 3. The molecule has 24 heavy (non-hydrogen) atoms. The van der Waals surface area contributed by atoms with Gasteiger partial charge in [-0.1, -0.05) is 12.1 Å². The number of ether oxygens (including phenoxy) is 3. The van der Waals surface area contributed by atoms with Gasteiger partial charge >= 0.3 is 5.97 Å². The van der Waals surface area contributed by atoms with E-state index in [4.69, 9.17) is 14.2 Å². The van der Waals surface area contributed by atoms with Gasteiger partial charge in [-0.2, -0.15) is 0 Å². The third-order valence-corrected chi connectivity index (χ3v) is 4.75. The van der Waals surface area contributed by atoms with Crippen molar-refractivity contribution in [2.45, 2.75) is 44.3 Å². The van der Waals surface area contributed by atoms with Crippen molar-refractivity contribution in [3.05, 3.63) is 24.3 Å². The number of methoxy groups -OCH3 is 1. The molecule has 1 N–H and O–H groups in total. The summed E-state index contributed by atoms with van der Waals surface area (Å²) in [5.41, 5.74) is -0.623. The van der Waals surface area contributed by atoms with Crippen LogP contribution in [0.2, 0.25) is 0 Å². The predicted octanol–water partition coefficient (Wildman–Crippen LogP) is 2.52. The largest absolute Gasteiger partial charge is 0.495 e. The lowest BCUT2D eigenvalue weighted by molar-refractivity contribution is -0.178. The number of carbonyl (C=O) groups is 2. The van der Waals surface area contributed by atoms with Crippen molar-refractivity contribution in [1.29, 1.82) is 0 Å². The SMILES string of the molecule is COc1ccccc1NC(=O)C1CC(=O)OC12CCOC(C)(C)C2. The Labute approximate surface area is 141 Å². The molecule has 3 rings (SSSR count). The van der Waals surface area contributed by atoms with E-state index in [1.807, 2.05) is 26.0 Å². The summed E-state index contributed by atoms with van der Waals surface area (Å²) in [6.45, 7) is 4.38. The zero-order valence-corrected chi connectivity index (χ0v) is 14.3.